The smallest absolute Gasteiger partial charge is 0.343 e. The Morgan fingerprint density at radius 2 is 2.31 bits per heavy atom. The van der Waals surface area contributed by atoms with Gasteiger partial charge in [0.05, 0.1) is 13.2 Å². The molecular weight excluding hydrogens is 170 g/mol. The van der Waals surface area contributed by atoms with E-state index >= 15 is 0 Å². The average Bonchev–Trinajstić information content (AvgIpc) is 2.02. The van der Waals surface area contributed by atoms with Crippen molar-refractivity contribution < 1.29 is 14.6 Å². The van der Waals surface area contributed by atoms with Crippen LogP contribution in [0.2, 0.25) is 0 Å². The number of rotatable bonds is 1. The van der Waals surface area contributed by atoms with E-state index in [2.05, 4.69) is 9.73 Å². The zero-order valence-corrected chi connectivity index (χ0v) is 8.00. The van der Waals surface area contributed by atoms with Gasteiger partial charge in [-0.25, -0.2) is 4.79 Å². The summed E-state index contributed by atoms with van der Waals surface area (Å²) in [6.45, 7) is 3.58. The molecule has 0 amide bonds. The van der Waals surface area contributed by atoms with Crippen molar-refractivity contribution in [3.8, 4) is 0 Å². The minimum absolute atomic E-state index is 0.0356. The van der Waals surface area contributed by atoms with E-state index in [4.69, 9.17) is 0 Å². The zero-order chi connectivity index (χ0) is 10.0. The molecule has 1 rings (SSSR count). The second-order valence-electron chi connectivity index (χ2n) is 3.08. The summed E-state index contributed by atoms with van der Waals surface area (Å²) < 4.78 is 4.53. The Balaban J connectivity index is 3.01. The molecule has 0 aromatic heterocycles. The zero-order valence-electron chi connectivity index (χ0n) is 8.00. The largest absolute Gasteiger partial charge is 0.511 e. The molecule has 0 spiro atoms. The molecule has 1 N–H and O–H groups in total. The lowest BCUT2D eigenvalue weighted by atomic mass is 10.0. The van der Waals surface area contributed by atoms with Crippen LogP contribution in [-0.2, 0) is 9.53 Å². The van der Waals surface area contributed by atoms with Crippen LogP contribution in [0, 0.1) is 0 Å². The molecule has 0 saturated heterocycles. The van der Waals surface area contributed by atoms with Gasteiger partial charge >= 0.3 is 5.97 Å². The van der Waals surface area contributed by atoms with E-state index in [1.165, 1.54) is 7.11 Å². The third-order valence-corrected chi connectivity index (χ3v) is 1.94. The first-order chi connectivity index (χ1) is 6.06. The maximum atomic E-state index is 11.2. The van der Waals surface area contributed by atoms with E-state index in [1.54, 1.807) is 6.92 Å². The Labute approximate surface area is 76.9 Å². The van der Waals surface area contributed by atoms with Gasteiger partial charge in [-0.1, -0.05) is 0 Å². The van der Waals surface area contributed by atoms with E-state index in [0.717, 1.165) is 0 Å². The number of nitrogens with zero attached hydrogens (tertiary/aromatic N) is 1. The van der Waals surface area contributed by atoms with Gasteiger partial charge in [0.15, 0.2) is 0 Å². The molecule has 1 unspecified atom stereocenters. The predicted octanol–water partition coefficient (Wildman–Crippen LogP) is 1.22. The summed E-state index contributed by atoms with van der Waals surface area (Å²) in [4.78, 5) is 15.4. The maximum absolute atomic E-state index is 11.2. The average molecular weight is 183 g/mol. The second kappa shape index (κ2) is 3.60. The molecule has 0 aromatic rings. The van der Waals surface area contributed by atoms with Crippen LogP contribution in [0.25, 0.3) is 0 Å². The van der Waals surface area contributed by atoms with Gasteiger partial charge in [0.2, 0.25) is 0 Å². The number of aliphatic imine (C=N–C) groups is 1. The van der Waals surface area contributed by atoms with Gasteiger partial charge in [-0.3, -0.25) is 4.99 Å². The maximum Gasteiger partial charge on any atom is 0.343 e. The van der Waals surface area contributed by atoms with Crippen molar-refractivity contribution in [2.75, 3.05) is 7.11 Å². The molecule has 1 aliphatic heterocycles. The van der Waals surface area contributed by atoms with Crippen LogP contribution in [0.15, 0.2) is 16.3 Å². The van der Waals surface area contributed by atoms with E-state index in [0.29, 0.717) is 12.1 Å². The number of carbonyl (C=O) groups excluding carboxylic acids is 1. The van der Waals surface area contributed by atoms with E-state index in [-0.39, 0.29) is 17.4 Å². The quantitative estimate of drug-likeness (QED) is 0.622. The summed E-state index contributed by atoms with van der Waals surface area (Å²) in [5.41, 5.74) is 0.753. The highest BCUT2D eigenvalue weighted by atomic mass is 16.5. The Kier molecular flexibility index (Phi) is 2.70. The standard InChI is InChI=1S/C9H13NO3/c1-5-4-7(11)8(6(2)10-5)9(12)13-3/h5,11H,4H2,1-3H3. The molecule has 0 fully saturated rings. The Hall–Kier alpha value is -1.32. The number of aliphatic hydroxyl groups is 1. The number of ether oxygens (including phenoxy) is 1. The number of dihydropyridines is 1. The highest BCUT2D eigenvalue weighted by Gasteiger charge is 2.24. The number of hydrogen-bond donors (Lipinski definition) is 1. The van der Waals surface area contributed by atoms with Crippen molar-refractivity contribution in [2.45, 2.75) is 26.3 Å². The summed E-state index contributed by atoms with van der Waals surface area (Å²) >= 11 is 0. The van der Waals surface area contributed by atoms with Crippen LogP contribution >= 0.6 is 0 Å². The van der Waals surface area contributed by atoms with Gasteiger partial charge in [-0.05, 0) is 13.8 Å². The number of esters is 1. The summed E-state index contributed by atoms with van der Waals surface area (Å²) in [6.07, 6.45) is 0.405. The van der Waals surface area contributed by atoms with Crippen molar-refractivity contribution >= 4 is 11.7 Å². The highest BCUT2D eigenvalue weighted by Crippen LogP contribution is 2.19. The van der Waals surface area contributed by atoms with Gasteiger partial charge < -0.3 is 9.84 Å². The van der Waals surface area contributed by atoms with Gasteiger partial charge in [0.25, 0.3) is 0 Å². The minimum Gasteiger partial charge on any atom is -0.511 e. The lowest BCUT2D eigenvalue weighted by Crippen LogP contribution is -2.22. The predicted molar refractivity (Wildman–Crippen MR) is 48.9 cm³/mol. The lowest BCUT2D eigenvalue weighted by molar-refractivity contribution is -0.135. The summed E-state index contributed by atoms with van der Waals surface area (Å²) in [7, 11) is 1.29. The van der Waals surface area contributed by atoms with Gasteiger partial charge in [-0.2, -0.15) is 0 Å². The first-order valence-corrected chi connectivity index (χ1v) is 4.11. The molecule has 0 saturated carbocycles. The van der Waals surface area contributed by atoms with E-state index in [9.17, 15) is 9.90 Å². The van der Waals surface area contributed by atoms with Gasteiger partial charge in [0.1, 0.15) is 11.3 Å². The van der Waals surface area contributed by atoms with E-state index in [1.807, 2.05) is 6.92 Å². The molecule has 0 radical (unpaired) electrons. The van der Waals surface area contributed by atoms with Gasteiger partial charge in [-0.15, -0.1) is 0 Å². The fourth-order valence-corrected chi connectivity index (χ4v) is 1.40. The SMILES string of the molecule is COC(=O)C1=C(O)CC(C)N=C1C. The number of methoxy groups -OCH3 is 1. The molecule has 1 atom stereocenters. The molecule has 13 heavy (non-hydrogen) atoms. The monoisotopic (exact) mass is 183 g/mol. The van der Waals surface area contributed by atoms with Crippen LogP contribution in [-0.4, -0.2) is 29.9 Å². The Bertz CT molecular complexity index is 291. The second-order valence-corrected chi connectivity index (χ2v) is 3.08. The molecule has 0 aromatic carbocycles. The Morgan fingerprint density at radius 3 is 2.77 bits per heavy atom. The van der Waals surface area contributed by atoms with Crippen LogP contribution in [0.1, 0.15) is 20.3 Å². The number of carbonyl (C=O) groups is 1. The summed E-state index contributed by atoms with van der Waals surface area (Å²) in [5.74, 6) is -0.447. The van der Waals surface area contributed by atoms with E-state index < -0.39 is 5.97 Å². The first-order valence-electron chi connectivity index (χ1n) is 4.11. The van der Waals surface area contributed by atoms with Crippen molar-refractivity contribution in [3.05, 3.63) is 11.3 Å². The fourth-order valence-electron chi connectivity index (χ4n) is 1.40. The van der Waals surface area contributed by atoms with Crippen molar-refractivity contribution in [1.29, 1.82) is 0 Å². The van der Waals surface area contributed by atoms with Crippen molar-refractivity contribution in [3.63, 3.8) is 0 Å². The fraction of sp³-hybridized carbons (Fsp3) is 0.556. The molecule has 72 valence electrons. The first kappa shape index (κ1) is 9.77. The number of aliphatic hydroxyl groups excluding tert-OH is 1. The lowest BCUT2D eigenvalue weighted by Gasteiger charge is -2.17. The van der Waals surface area contributed by atoms with Crippen LogP contribution in [0.4, 0.5) is 0 Å². The van der Waals surface area contributed by atoms with Crippen LogP contribution in [0.3, 0.4) is 0 Å². The molecule has 0 aliphatic carbocycles. The van der Waals surface area contributed by atoms with Crippen LogP contribution in [0.5, 0.6) is 0 Å². The third-order valence-electron chi connectivity index (χ3n) is 1.94. The highest BCUT2D eigenvalue weighted by molar-refractivity contribution is 6.19. The molecule has 0 bridgehead atoms. The molecule has 4 heteroatoms. The minimum atomic E-state index is -0.523. The summed E-state index contributed by atoms with van der Waals surface area (Å²) in [5, 5.41) is 9.51. The molecule has 4 nitrogen and oxygen atoms in total. The molecule has 1 aliphatic rings. The topological polar surface area (TPSA) is 58.9 Å². The van der Waals surface area contributed by atoms with Crippen LogP contribution < -0.4 is 0 Å². The Morgan fingerprint density at radius 1 is 1.69 bits per heavy atom. The molecular formula is C9H13NO3. The number of hydrogen-bond acceptors (Lipinski definition) is 4. The summed E-state index contributed by atoms with van der Waals surface area (Å²) in [6, 6.07) is 0.0356. The third kappa shape index (κ3) is 1.88. The van der Waals surface area contributed by atoms with Crippen molar-refractivity contribution in [2.24, 2.45) is 4.99 Å². The van der Waals surface area contributed by atoms with Gasteiger partial charge in [0, 0.05) is 12.1 Å². The normalized spacial score (nSPS) is 22.7. The van der Waals surface area contributed by atoms with Crippen molar-refractivity contribution in [1.82, 2.24) is 0 Å². The molecule has 1 heterocycles.